The van der Waals surface area contributed by atoms with Crippen LogP contribution < -0.4 is 14.4 Å². The Labute approximate surface area is 174 Å². The van der Waals surface area contributed by atoms with Crippen molar-refractivity contribution in [2.24, 2.45) is 0 Å². The lowest BCUT2D eigenvalue weighted by molar-refractivity contribution is 0.102. The van der Waals surface area contributed by atoms with E-state index in [9.17, 15) is 13.2 Å². The number of aromatic nitrogens is 2. The van der Waals surface area contributed by atoms with Crippen molar-refractivity contribution in [3.63, 3.8) is 0 Å². The second-order valence-electron chi connectivity index (χ2n) is 6.88. The second kappa shape index (κ2) is 8.11. The van der Waals surface area contributed by atoms with Crippen molar-refractivity contribution in [2.75, 3.05) is 22.4 Å². The Morgan fingerprint density at radius 3 is 2.73 bits per heavy atom. The van der Waals surface area contributed by atoms with E-state index in [0.29, 0.717) is 42.4 Å². The quantitative estimate of drug-likeness (QED) is 0.653. The molecule has 1 aliphatic heterocycles. The predicted octanol–water partition coefficient (Wildman–Crippen LogP) is 2.63. The zero-order chi connectivity index (χ0) is 21.1. The molecule has 1 aromatic carbocycles. The number of anilines is 2. The fourth-order valence-electron chi connectivity index (χ4n) is 3.28. The Balaban J connectivity index is 1.50. The van der Waals surface area contributed by atoms with E-state index in [4.69, 9.17) is 4.74 Å². The molecule has 0 aliphatic carbocycles. The molecule has 9 heteroatoms. The summed E-state index contributed by atoms with van der Waals surface area (Å²) in [5, 5.41) is 2.78. The summed E-state index contributed by atoms with van der Waals surface area (Å²) in [4.78, 5) is 21.0. The fourth-order valence-corrected chi connectivity index (χ4v) is 4.24. The number of amides is 1. The van der Waals surface area contributed by atoms with Crippen molar-refractivity contribution >= 4 is 27.4 Å². The van der Waals surface area contributed by atoms with E-state index < -0.39 is 10.0 Å². The highest BCUT2D eigenvalue weighted by atomic mass is 32.2. The van der Waals surface area contributed by atoms with Crippen molar-refractivity contribution in [3.05, 3.63) is 77.7 Å². The minimum atomic E-state index is -3.33. The third-order valence-corrected chi connectivity index (χ3v) is 5.92. The summed E-state index contributed by atoms with van der Waals surface area (Å²) in [7, 11) is -3.33. The normalized spacial score (nSPS) is 13.0. The van der Waals surface area contributed by atoms with Crippen molar-refractivity contribution in [3.8, 4) is 5.75 Å². The van der Waals surface area contributed by atoms with Crippen LogP contribution in [0.5, 0.6) is 5.75 Å². The molecule has 1 N–H and O–H groups in total. The van der Waals surface area contributed by atoms with Gasteiger partial charge in [-0.2, -0.15) is 0 Å². The van der Waals surface area contributed by atoms with Crippen LogP contribution in [0.1, 0.15) is 21.5 Å². The first kappa shape index (κ1) is 19.8. The molecule has 0 fully saturated rings. The summed E-state index contributed by atoms with van der Waals surface area (Å²) in [5.41, 5.74) is 2.81. The number of hydrogen-bond donors (Lipinski definition) is 1. The number of fused-ring (bicyclic) bond motifs is 1. The zero-order valence-corrected chi connectivity index (χ0v) is 17.1. The Morgan fingerprint density at radius 2 is 1.97 bits per heavy atom. The highest BCUT2D eigenvalue weighted by Gasteiger charge is 2.27. The van der Waals surface area contributed by atoms with Crippen molar-refractivity contribution < 1.29 is 17.9 Å². The molecule has 0 unspecified atom stereocenters. The van der Waals surface area contributed by atoms with Crippen molar-refractivity contribution in [2.45, 2.75) is 13.0 Å². The third-order valence-electron chi connectivity index (χ3n) is 4.74. The molecular weight excluding hydrogens is 404 g/mol. The maximum absolute atomic E-state index is 12.8. The molecule has 1 aliphatic rings. The van der Waals surface area contributed by atoms with Crippen LogP contribution in [0.15, 0.2) is 61.1 Å². The van der Waals surface area contributed by atoms with Crippen molar-refractivity contribution in [1.29, 1.82) is 0 Å². The molecule has 30 heavy (non-hydrogen) atoms. The summed E-state index contributed by atoms with van der Waals surface area (Å²) in [6.07, 6.45) is 6.68. The molecule has 0 saturated carbocycles. The summed E-state index contributed by atoms with van der Waals surface area (Å²) < 4.78 is 30.9. The molecule has 3 heterocycles. The number of rotatable bonds is 6. The summed E-state index contributed by atoms with van der Waals surface area (Å²) in [6, 6.07) is 12.1. The Kier molecular flexibility index (Phi) is 5.37. The molecule has 0 atom stereocenters. The van der Waals surface area contributed by atoms with Crippen LogP contribution in [0, 0.1) is 0 Å². The van der Waals surface area contributed by atoms with E-state index in [1.165, 1.54) is 10.6 Å². The lowest BCUT2D eigenvalue weighted by Crippen LogP contribution is -2.27. The van der Waals surface area contributed by atoms with Crippen LogP contribution >= 0.6 is 0 Å². The average molecular weight is 424 g/mol. The molecule has 154 valence electrons. The first-order valence-electron chi connectivity index (χ1n) is 9.30. The summed E-state index contributed by atoms with van der Waals surface area (Å²) >= 11 is 0. The third kappa shape index (κ3) is 4.25. The number of nitrogens with one attached hydrogen (secondary N) is 1. The van der Waals surface area contributed by atoms with Crippen LogP contribution in [0.4, 0.5) is 11.5 Å². The van der Waals surface area contributed by atoms with Crippen LogP contribution in [-0.4, -0.2) is 37.1 Å². The standard InChI is InChI=1S/C21H20N4O4S/c1-30(27,28)25-12-8-16-13-17(4-5-18(16)25)21(26)24-20-19(3-2-9-23-20)29-14-15-6-10-22-11-7-15/h2-7,9-11,13H,8,12,14H2,1H3,(H,23,24,26). The van der Waals surface area contributed by atoms with Gasteiger partial charge in [-0.05, 0) is 60.0 Å². The van der Waals surface area contributed by atoms with Gasteiger partial charge >= 0.3 is 0 Å². The summed E-state index contributed by atoms with van der Waals surface area (Å²) in [6.45, 7) is 0.698. The molecular formula is C21H20N4O4S. The van der Waals surface area contributed by atoms with Gasteiger partial charge in [0.15, 0.2) is 11.6 Å². The molecule has 1 amide bonds. The molecule has 2 aromatic heterocycles. The smallest absolute Gasteiger partial charge is 0.256 e. The Bertz CT molecular complexity index is 1180. The SMILES string of the molecule is CS(=O)(=O)N1CCc2cc(C(=O)Nc3ncccc3OCc3ccncc3)ccc21. The number of pyridine rings is 2. The number of sulfonamides is 1. The van der Waals surface area contributed by atoms with Gasteiger partial charge in [0.05, 0.1) is 11.9 Å². The van der Waals surface area contributed by atoms with Gasteiger partial charge in [0.1, 0.15) is 6.61 Å². The lowest BCUT2D eigenvalue weighted by Gasteiger charge is -2.16. The van der Waals surface area contributed by atoms with Gasteiger partial charge < -0.3 is 10.1 Å². The fraction of sp³-hybridized carbons (Fsp3) is 0.190. The molecule has 8 nitrogen and oxygen atoms in total. The van der Waals surface area contributed by atoms with E-state index in [-0.39, 0.29) is 5.91 Å². The van der Waals surface area contributed by atoms with E-state index >= 15 is 0 Å². The van der Waals surface area contributed by atoms with Gasteiger partial charge in [-0.3, -0.25) is 14.1 Å². The van der Waals surface area contributed by atoms with E-state index in [0.717, 1.165) is 11.1 Å². The molecule has 0 saturated heterocycles. The van der Waals surface area contributed by atoms with Gasteiger partial charge in [-0.1, -0.05) is 0 Å². The maximum atomic E-state index is 12.8. The van der Waals surface area contributed by atoms with Crippen LogP contribution in [0.2, 0.25) is 0 Å². The van der Waals surface area contributed by atoms with Gasteiger partial charge in [0.25, 0.3) is 5.91 Å². The largest absolute Gasteiger partial charge is 0.485 e. The molecule has 0 bridgehead atoms. The monoisotopic (exact) mass is 424 g/mol. The van der Waals surface area contributed by atoms with E-state index in [1.807, 2.05) is 12.1 Å². The van der Waals surface area contributed by atoms with Gasteiger partial charge in [-0.25, -0.2) is 13.4 Å². The first-order chi connectivity index (χ1) is 14.4. The second-order valence-corrected chi connectivity index (χ2v) is 8.78. The highest BCUT2D eigenvalue weighted by Crippen LogP contribution is 2.31. The zero-order valence-electron chi connectivity index (χ0n) is 16.3. The van der Waals surface area contributed by atoms with Crippen LogP contribution in [0.25, 0.3) is 0 Å². The van der Waals surface area contributed by atoms with Crippen LogP contribution in [-0.2, 0) is 23.1 Å². The lowest BCUT2D eigenvalue weighted by atomic mass is 10.1. The van der Waals surface area contributed by atoms with E-state index in [1.54, 1.807) is 48.9 Å². The number of hydrogen-bond acceptors (Lipinski definition) is 6. The predicted molar refractivity (Wildman–Crippen MR) is 113 cm³/mol. The van der Waals surface area contributed by atoms with Gasteiger partial charge in [0, 0.05) is 30.7 Å². The minimum Gasteiger partial charge on any atom is -0.485 e. The Hall–Kier alpha value is -3.46. The number of ether oxygens (including phenoxy) is 1. The molecule has 0 spiro atoms. The summed E-state index contributed by atoms with van der Waals surface area (Å²) in [5.74, 6) is 0.421. The molecule has 3 aromatic rings. The van der Waals surface area contributed by atoms with Crippen molar-refractivity contribution in [1.82, 2.24) is 9.97 Å². The highest BCUT2D eigenvalue weighted by molar-refractivity contribution is 7.92. The van der Waals surface area contributed by atoms with Gasteiger partial charge in [0.2, 0.25) is 10.0 Å². The molecule has 4 rings (SSSR count). The first-order valence-corrected chi connectivity index (χ1v) is 11.2. The topological polar surface area (TPSA) is 101 Å². The minimum absolute atomic E-state index is 0.315. The number of nitrogens with zero attached hydrogens (tertiary/aromatic N) is 3. The van der Waals surface area contributed by atoms with Crippen LogP contribution in [0.3, 0.4) is 0 Å². The number of carbonyl (C=O) groups excluding carboxylic acids is 1. The maximum Gasteiger partial charge on any atom is 0.256 e. The van der Waals surface area contributed by atoms with Gasteiger partial charge in [-0.15, -0.1) is 0 Å². The molecule has 0 radical (unpaired) electrons. The average Bonchev–Trinajstić information content (AvgIpc) is 3.17. The van der Waals surface area contributed by atoms with E-state index in [2.05, 4.69) is 15.3 Å². The Morgan fingerprint density at radius 1 is 1.17 bits per heavy atom. The number of benzene rings is 1. The number of carbonyl (C=O) groups is 1.